The lowest BCUT2D eigenvalue weighted by Gasteiger charge is -2.31. The number of thiocarbonyl (C=S) groups is 1. The number of hydrogen-bond donors (Lipinski definition) is 0. The molecule has 4 heterocycles. The van der Waals surface area contributed by atoms with Gasteiger partial charge in [0.05, 0.1) is 17.0 Å². The number of aromatic nitrogens is 2. The molecular formula is C28H21ClN4O2S2. The van der Waals surface area contributed by atoms with Crippen molar-refractivity contribution < 1.29 is 4.79 Å². The lowest BCUT2D eigenvalue weighted by atomic mass is 10.0. The molecule has 1 saturated heterocycles. The number of thioether (sulfide) groups is 1. The maximum absolute atomic E-state index is 13.8. The number of carbonyl (C=O) groups excluding carboxylic acids is 1. The third-order valence-corrected chi connectivity index (χ3v) is 8.30. The van der Waals surface area contributed by atoms with Crippen molar-refractivity contribution in [1.29, 1.82) is 0 Å². The number of nitrogens with zero attached hydrogens (tertiary/aromatic N) is 4. The molecule has 0 spiro atoms. The van der Waals surface area contributed by atoms with E-state index in [1.54, 1.807) is 24.4 Å². The van der Waals surface area contributed by atoms with Gasteiger partial charge in [0.25, 0.3) is 11.5 Å². The quantitative estimate of drug-likeness (QED) is 0.238. The molecule has 0 unspecified atom stereocenters. The number of pyridine rings is 1. The molecule has 2 aliphatic heterocycles. The molecule has 0 radical (unpaired) electrons. The van der Waals surface area contributed by atoms with E-state index in [1.165, 1.54) is 26.6 Å². The van der Waals surface area contributed by atoms with Gasteiger partial charge in [-0.2, -0.15) is 0 Å². The van der Waals surface area contributed by atoms with E-state index in [0.717, 1.165) is 30.6 Å². The topological polar surface area (TPSA) is 57.9 Å². The van der Waals surface area contributed by atoms with E-state index in [4.69, 9.17) is 28.8 Å². The van der Waals surface area contributed by atoms with Crippen LogP contribution in [0.3, 0.4) is 0 Å². The standard InChI is InChI=1S/C28H21ClN4O2S2/c29-21-11-3-1-9-19(21)17-33-27(35)23(37-28(33)36)16-20-25(30-24-13-5-6-14-32(24)26(20)34)31-15-7-10-18-8-2-4-12-22(18)31/h1-6,8-9,11-14,16H,7,10,15,17H2/b23-16+. The summed E-state index contributed by atoms with van der Waals surface area (Å²) in [5.41, 5.74) is 3.72. The largest absolute Gasteiger partial charge is 0.325 e. The minimum absolute atomic E-state index is 0.236. The van der Waals surface area contributed by atoms with Crippen molar-refractivity contribution in [2.24, 2.45) is 0 Å². The van der Waals surface area contributed by atoms with Crippen molar-refractivity contribution >= 4 is 69.0 Å². The van der Waals surface area contributed by atoms with Gasteiger partial charge in [0.15, 0.2) is 0 Å². The van der Waals surface area contributed by atoms with Gasteiger partial charge in [0.1, 0.15) is 15.8 Å². The Hall–Kier alpha value is -3.46. The molecule has 4 aromatic rings. The lowest BCUT2D eigenvalue weighted by molar-refractivity contribution is -0.122. The first-order chi connectivity index (χ1) is 18.0. The molecule has 0 atom stereocenters. The fourth-order valence-electron chi connectivity index (χ4n) is 4.74. The summed E-state index contributed by atoms with van der Waals surface area (Å²) in [6.07, 6.45) is 5.24. The summed E-state index contributed by atoms with van der Waals surface area (Å²) in [6, 6.07) is 21.0. The van der Waals surface area contributed by atoms with Crippen molar-refractivity contribution in [2.75, 3.05) is 11.4 Å². The van der Waals surface area contributed by atoms with E-state index in [2.05, 4.69) is 17.0 Å². The molecule has 2 aromatic heterocycles. The Morgan fingerprint density at radius 3 is 2.68 bits per heavy atom. The third kappa shape index (κ3) is 4.35. The molecule has 1 fully saturated rings. The number of rotatable bonds is 4. The van der Waals surface area contributed by atoms with E-state index in [0.29, 0.717) is 31.3 Å². The predicted octanol–water partition coefficient (Wildman–Crippen LogP) is 5.83. The van der Waals surface area contributed by atoms with Gasteiger partial charge >= 0.3 is 0 Å². The second kappa shape index (κ2) is 9.78. The van der Waals surface area contributed by atoms with Gasteiger partial charge in [0, 0.05) is 23.5 Å². The SMILES string of the molecule is O=C1/C(=C\c2c(N3CCCc4ccccc43)nc3ccccn3c2=O)SC(=S)N1Cc1ccccc1Cl. The van der Waals surface area contributed by atoms with Crippen molar-refractivity contribution in [3.05, 3.63) is 110 Å². The minimum Gasteiger partial charge on any atom is -0.325 e. The van der Waals surface area contributed by atoms with Crippen LogP contribution < -0.4 is 10.5 Å². The molecule has 0 N–H and O–H groups in total. The first kappa shape index (κ1) is 23.9. The summed E-state index contributed by atoms with van der Waals surface area (Å²) in [7, 11) is 0. The molecule has 0 bridgehead atoms. The maximum Gasteiger partial charge on any atom is 0.267 e. The average molecular weight is 545 g/mol. The van der Waals surface area contributed by atoms with Crippen molar-refractivity contribution in [3.63, 3.8) is 0 Å². The fourth-order valence-corrected chi connectivity index (χ4v) is 6.17. The smallest absolute Gasteiger partial charge is 0.267 e. The Bertz CT molecular complexity index is 1670. The highest BCUT2D eigenvalue weighted by Crippen LogP contribution is 2.38. The number of amides is 1. The van der Waals surface area contributed by atoms with Crippen molar-refractivity contribution in [1.82, 2.24) is 14.3 Å². The van der Waals surface area contributed by atoms with Crippen LogP contribution in [0.5, 0.6) is 0 Å². The van der Waals surface area contributed by atoms with E-state index in [1.807, 2.05) is 42.5 Å². The molecule has 184 valence electrons. The normalized spacial score (nSPS) is 16.6. The Balaban J connectivity index is 1.47. The van der Waals surface area contributed by atoms with E-state index in [9.17, 15) is 9.59 Å². The van der Waals surface area contributed by atoms with Crippen LogP contribution in [0.1, 0.15) is 23.1 Å². The highest BCUT2D eigenvalue weighted by Gasteiger charge is 2.33. The number of fused-ring (bicyclic) bond motifs is 2. The summed E-state index contributed by atoms with van der Waals surface area (Å²) in [5, 5.41) is 0.573. The van der Waals surface area contributed by atoms with Gasteiger partial charge in [-0.05, 0) is 54.3 Å². The number of hydrogen-bond acceptors (Lipinski definition) is 6. The molecule has 6 rings (SSSR count). The Morgan fingerprint density at radius 2 is 1.81 bits per heavy atom. The van der Waals surface area contributed by atoms with Gasteiger partial charge in [-0.3, -0.25) is 18.9 Å². The summed E-state index contributed by atoms with van der Waals surface area (Å²) in [6.45, 7) is 0.990. The number of carbonyl (C=O) groups is 1. The van der Waals surface area contributed by atoms with Gasteiger partial charge < -0.3 is 4.90 Å². The van der Waals surface area contributed by atoms with Crippen LogP contribution in [-0.4, -0.2) is 31.1 Å². The van der Waals surface area contributed by atoms with Crippen LogP contribution in [-0.2, 0) is 17.8 Å². The Labute approximate surface area is 228 Å². The first-order valence-corrected chi connectivity index (χ1v) is 13.5. The number of para-hydroxylation sites is 1. The predicted molar refractivity (Wildman–Crippen MR) is 153 cm³/mol. The Morgan fingerprint density at radius 1 is 1.03 bits per heavy atom. The van der Waals surface area contributed by atoms with Crippen LogP contribution in [0.4, 0.5) is 11.5 Å². The molecule has 37 heavy (non-hydrogen) atoms. The summed E-state index contributed by atoms with van der Waals surface area (Å²) in [5.74, 6) is 0.289. The highest BCUT2D eigenvalue weighted by atomic mass is 35.5. The zero-order valence-electron chi connectivity index (χ0n) is 19.6. The summed E-state index contributed by atoms with van der Waals surface area (Å²) < 4.78 is 1.94. The lowest BCUT2D eigenvalue weighted by Crippen LogP contribution is -2.30. The van der Waals surface area contributed by atoms with Gasteiger partial charge in [-0.15, -0.1) is 0 Å². The van der Waals surface area contributed by atoms with Gasteiger partial charge in [-0.1, -0.05) is 78.0 Å². The number of benzene rings is 2. The van der Waals surface area contributed by atoms with Gasteiger partial charge in [-0.25, -0.2) is 4.98 Å². The zero-order valence-corrected chi connectivity index (χ0v) is 22.0. The molecule has 0 saturated carbocycles. The van der Waals surface area contributed by atoms with Crippen molar-refractivity contribution in [3.8, 4) is 0 Å². The molecule has 1 amide bonds. The molecule has 2 aromatic carbocycles. The van der Waals surface area contributed by atoms with E-state index in [-0.39, 0.29) is 18.0 Å². The van der Waals surface area contributed by atoms with E-state index < -0.39 is 0 Å². The zero-order chi connectivity index (χ0) is 25.5. The van der Waals surface area contributed by atoms with Crippen LogP contribution >= 0.6 is 35.6 Å². The Kier molecular flexibility index (Phi) is 6.32. The molecular weight excluding hydrogens is 524 g/mol. The average Bonchev–Trinajstić information content (AvgIpc) is 3.18. The maximum atomic E-state index is 13.8. The summed E-state index contributed by atoms with van der Waals surface area (Å²) in [4.78, 5) is 36.1. The van der Waals surface area contributed by atoms with Crippen LogP contribution in [0.15, 0.2) is 82.6 Å². The first-order valence-electron chi connectivity index (χ1n) is 11.9. The highest BCUT2D eigenvalue weighted by molar-refractivity contribution is 8.26. The fraction of sp³-hybridized carbons (Fsp3) is 0.143. The second-order valence-corrected chi connectivity index (χ2v) is 10.9. The molecule has 2 aliphatic rings. The summed E-state index contributed by atoms with van der Waals surface area (Å²) >= 11 is 13.1. The monoisotopic (exact) mass is 544 g/mol. The number of anilines is 2. The van der Waals surface area contributed by atoms with Crippen LogP contribution in [0.25, 0.3) is 11.7 Å². The van der Waals surface area contributed by atoms with Gasteiger partial charge in [0.2, 0.25) is 0 Å². The molecule has 6 nitrogen and oxygen atoms in total. The third-order valence-electron chi connectivity index (χ3n) is 6.55. The number of halogens is 1. The number of aryl methyl sites for hydroxylation is 1. The van der Waals surface area contributed by atoms with Crippen molar-refractivity contribution in [2.45, 2.75) is 19.4 Å². The van der Waals surface area contributed by atoms with Crippen LogP contribution in [0.2, 0.25) is 5.02 Å². The van der Waals surface area contributed by atoms with E-state index >= 15 is 0 Å². The second-order valence-electron chi connectivity index (χ2n) is 8.83. The minimum atomic E-state index is -0.252. The molecule has 9 heteroatoms. The van der Waals surface area contributed by atoms with Crippen LogP contribution in [0, 0.1) is 0 Å². The molecule has 0 aliphatic carbocycles.